The van der Waals surface area contributed by atoms with E-state index in [0.717, 1.165) is 0 Å². The van der Waals surface area contributed by atoms with E-state index in [9.17, 15) is 4.79 Å². The second kappa shape index (κ2) is 4.99. The summed E-state index contributed by atoms with van der Waals surface area (Å²) in [5, 5.41) is 4.79. The first-order chi connectivity index (χ1) is 7.19. The third kappa shape index (κ3) is 2.97. The van der Waals surface area contributed by atoms with E-state index in [1.54, 1.807) is 0 Å². The third-order valence-corrected chi connectivity index (χ3v) is 1.55. The normalized spacial score (nSPS) is 9.27. The van der Waals surface area contributed by atoms with Crippen LogP contribution in [0, 0.1) is 0 Å². The van der Waals surface area contributed by atoms with Crippen LogP contribution in [0.5, 0.6) is 11.8 Å². The van der Waals surface area contributed by atoms with Crippen LogP contribution in [0.3, 0.4) is 0 Å². The number of hydrogen-bond acceptors (Lipinski definition) is 5. The van der Waals surface area contributed by atoms with E-state index in [2.05, 4.69) is 20.6 Å². The van der Waals surface area contributed by atoms with Crippen molar-refractivity contribution in [1.29, 1.82) is 0 Å². The minimum Gasteiger partial charge on any atom is -0.481 e. The van der Waals surface area contributed by atoms with Crippen molar-refractivity contribution < 1.29 is 14.3 Å². The average Bonchev–Trinajstić information content (AvgIpc) is 2.28. The van der Waals surface area contributed by atoms with Crippen molar-refractivity contribution in [2.24, 2.45) is 0 Å². The second-order valence-electron chi connectivity index (χ2n) is 2.48. The largest absolute Gasteiger partial charge is 0.481 e. The van der Waals surface area contributed by atoms with Crippen molar-refractivity contribution in [3.63, 3.8) is 0 Å². The highest BCUT2D eigenvalue weighted by atomic mass is 16.5. The van der Waals surface area contributed by atoms with E-state index >= 15 is 0 Å². The Kier molecular flexibility index (Phi) is 3.67. The van der Waals surface area contributed by atoms with E-state index in [1.165, 1.54) is 27.3 Å². The van der Waals surface area contributed by atoms with Gasteiger partial charge in [-0.2, -0.15) is 9.97 Å². The van der Waals surface area contributed by atoms with Gasteiger partial charge in [-0.1, -0.05) is 0 Å². The Morgan fingerprint density at radius 3 is 2.20 bits per heavy atom. The quantitative estimate of drug-likeness (QED) is 0.749. The molecule has 0 saturated carbocycles. The molecule has 0 unspecified atom stereocenters. The maximum Gasteiger partial charge on any atom is 0.321 e. The summed E-state index contributed by atoms with van der Waals surface area (Å²) >= 11 is 0. The van der Waals surface area contributed by atoms with Crippen molar-refractivity contribution in [2.45, 2.75) is 0 Å². The Hall–Kier alpha value is -2.05. The highest BCUT2D eigenvalue weighted by Gasteiger charge is 2.07. The van der Waals surface area contributed by atoms with Crippen molar-refractivity contribution in [3.8, 4) is 11.8 Å². The minimum atomic E-state index is -0.412. The summed E-state index contributed by atoms with van der Waals surface area (Å²) in [7, 11) is 4.42. The fraction of sp³-hybridized carbons (Fsp3) is 0.375. The van der Waals surface area contributed by atoms with Gasteiger partial charge in [0.25, 0.3) is 0 Å². The molecule has 0 aliphatic heterocycles. The molecular weight excluding hydrogens is 200 g/mol. The molecule has 0 bridgehead atoms. The number of urea groups is 1. The molecule has 0 aliphatic rings. The Morgan fingerprint density at radius 2 is 1.80 bits per heavy atom. The van der Waals surface area contributed by atoms with Crippen molar-refractivity contribution in [2.75, 3.05) is 26.6 Å². The molecule has 0 aromatic carbocycles. The van der Waals surface area contributed by atoms with Crippen molar-refractivity contribution in [1.82, 2.24) is 15.3 Å². The smallest absolute Gasteiger partial charge is 0.321 e. The molecule has 82 valence electrons. The molecule has 0 radical (unpaired) electrons. The number of amides is 2. The third-order valence-electron chi connectivity index (χ3n) is 1.55. The first-order valence-corrected chi connectivity index (χ1v) is 4.15. The summed E-state index contributed by atoms with van der Waals surface area (Å²) in [6.07, 6.45) is 0. The van der Waals surface area contributed by atoms with E-state index in [-0.39, 0.29) is 5.95 Å². The summed E-state index contributed by atoms with van der Waals surface area (Å²) in [5.41, 5.74) is 0. The van der Waals surface area contributed by atoms with Gasteiger partial charge in [0.05, 0.1) is 20.3 Å². The molecule has 0 atom stereocenters. The van der Waals surface area contributed by atoms with Gasteiger partial charge in [-0.3, -0.25) is 5.32 Å². The maximum atomic E-state index is 11.0. The predicted octanol–water partition coefficient (Wildman–Crippen LogP) is 0.245. The summed E-state index contributed by atoms with van der Waals surface area (Å²) in [6, 6.07) is 1.10. The first kappa shape index (κ1) is 11.0. The number of aromatic nitrogens is 2. The van der Waals surface area contributed by atoms with Crippen LogP contribution in [0.25, 0.3) is 0 Å². The Bertz CT molecular complexity index is 333. The Balaban J connectivity index is 2.91. The number of hydrogen-bond donors (Lipinski definition) is 2. The number of rotatable bonds is 3. The van der Waals surface area contributed by atoms with Crippen LogP contribution in [0.1, 0.15) is 0 Å². The van der Waals surface area contributed by atoms with Gasteiger partial charge in [-0.05, 0) is 0 Å². The minimum absolute atomic E-state index is 0.116. The number of nitrogens with zero attached hydrogens (tertiary/aromatic N) is 2. The number of methoxy groups -OCH3 is 2. The van der Waals surface area contributed by atoms with Crippen LogP contribution in [-0.2, 0) is 0 Å². The van der Waals surface area contributed by atoms with Crippen LogP contribution < -0.4 is 20.1 Å². The molecule has 0 fully saturated rings. The molecule has 1 heterocycles. The van der Waals surface area contributed by atoms with E-state index < -0.39 is 6.03 Å². The first-order valence-electron chi connectivity index (χ1n) is 4.15. The van der Waals surface area contributed by atoms with E-state index in [1.807, 2.05) is 0 Å². The molecular formula is C8H12N4O3. The fourth-order valence-electron chi connectivity index (χ4n) is 0.833. The molecule has 2 amide bonds. The molecule has 15 heavy (non-hydrogen) atoms. The number of ether oxygens (including phenoxy) is 2. The number of anilines is 1. The van der Waals surface area contributed by atoms with Gasteiger partial charge in [0.2, 0.25) is 17.7 Å². The monoisotopic (exact) mass is 212 g/mol. The molecule has 2 N–H and O–H groups in total. The number of carbonyl (C=O) groups is 1. The summed E-state index contributed by atoms with van der Waals surface area (Å²) in [4.78, 5) is 18.8. The maximum absolute atomic E-state index is 11.0. The topological polar surface area (TPSA) is 85.4 Å². The van der Waals surface area contributed by atoms with Crippen molar-refractivity contribution in [3.05, 3.63) is 6.07 Å². The molecule has 0 saturated heterocycles. The van der Waals surface area contributed by atoms with Crippen LogP contribution >= 0.6 is 0 Å². The average molecular weight is 212 g/mol. The van der Waals surface area contributed by atoms with E-state index in [0.29, 0.717) is 11.8 Å². The highest BCUT2D eigenvalue weighted by Crippen LogP contribution is 2.16. The number of nitrogens with one attached hydrogen (secondary N) is 2. The lowest BCUT2D eigenvalue weighted by atomic mass is 10.6. The van der Waals surface area contributed by atoms with Gasteiger partial charge in [-0.25, -0.2) is 4.79 Å². The van der Waals surface area contributed by atoms with Gasteiger partial charge >= 0.3 is 6.03 Å². The van der Waals surface area contributed by atoms with Crippen LogP contribution in [0.15, 0.2) is 6.07 Å². The zero-order valence-electron chi connectivity index (χ0n) is 8.70. The highest BCUT2D eigenvalue weighted by molar-refractivity contribution is 5.87. The zero-order valence-corrected chi connectivity index (χ0v) is 8.70. The summed E-state index contributed by atoms with van der Waals surface area (Å²) in [5.74, 6) is 0.743. The van der Waals surface area contributed by atoms with Gasteiger partial charge in [0, 0.05) is 7.05 Å². The Morgan fingerprint density at radius 1 is 1.27 bits per heavy atom. The molecule has 1 rings (SSSR count). The number of carbonyl (C=O) groups excluding carboxylic acids is 1. The predicted molar refractivity (Wildman–Crippen MR) is 53.2 cm³/mol. The lowest BCUT2D eigenvalue weighted by Gasteiger charge is -2.06. The van der Waals surface area contributed by atoms with Crippen LogP contribution in [-0.4, -0.2) is 37.3 Å². The van der Waals surface area contributed by atoms with E-state index in [4.69, 9.17) is 9.47 Å². The van der Waals surface area contributed by atoms with Crippen LogP contribution in [0.4, 0.5) is 10.7 Å². The molecule has 7 heteroatoms. The molecule has 0 aliphatic carbocycles. The second-order valence-corrected chi connectivity index (χ2v) is 2.48. The molecule has 1 aromatic rings. The molecule has 1 aromatic heterocycles. The standard InChI is InChI=1S/C8H12N4O3/c1-9-8(13)12-7-10-5(14-2)4-6(11-7)15-3/h4H,1-3H3,(H2,9,10,11,12,13). The lowest BCUT2D eigenvalue weighted by Crippen LogP contribution is -2.25. The van der Waals surface area contributed by atoms with Gasteiger partial charge in [-0.15, -0.1) is 0 Å². The van der Waals surface area contributed by atoms with Crippen molar-refractivity contribution >= 4 is 12.0 Å². The van der Waals surface area contributed by atoms with Gasteiger partial charge < -0.3 is 14.8 Å². The summed E-state index contributed by atoms with van der Waals surface area (Å²) < 4.78 is 9.82. The summed E-state index contributed by atoms with van der Waals surface area (Å²) in [6.45, 7) is 0. The molecule has 7 nitrogen and oxygen atoms in total. The van der Waals surface area contributed by atoms with Gasteiger partial charge in [0.1, 0.15) is 0 Å². The SMILES string of the molecule is CNC(=O)Nc1nc(OC)cc(OC)n1. The molecule has 0 spiro atoms. The fourth-order valence-corrected chi connectivity index (χ4v) is 0.833. The zero-order chi connectivity index (χ0) is 11.3. The lowest BCUT2D eigenvalue weighted by molar-refractivity contribution is 0.253. The van der Waals surface area contributed by atoms with Gasteiger partial charge in [0.15, 0.2) is 0 Å². The van der Waals surface area contributed by atoms with Crippen LogP contribution in [0.2, 0.25) is 0 Å². The Labute approximate surface area is 86.8 Å².